The molecule has 0 spiro atoms. The third-order valence-electron chi connectivity index (χ3n) is 14.2. The number of nitrogens with zero attached hydrogens (tertiary/aromatic N) is 1. The average Bonchev–Trinajstić information content (AvgIpc) is 3.71. The molecule has 0 aromatic heterocycles. The van der Waals surface area contributed by atoms with Crippen molar-refractivity contribution in [2.75, 3.05) is 4.90 Å². The number of rotatable bonds is 6. The Morgan fingerprint density at radius 2 is 0.825 bits per heavy atom. The minimum atomic E-state index is -0.176. The Bertz CT molecular complexity index is 3460. The molecular formula is C62H47N. The Kier molecular flexibility index (Phi) is 8.30. The van der Waals surface area contributed by atoms with Gasteiger partial charge < -0.3 is 4.90 Å². The van der Waals surface area contributed by atoms with Crippen LogP contribution in [-0.2, 0) is 10.8 Å². The molecule has 63 heavy (non-hydrogen) atoms. The summed E-state index contributed by atoms with van der Waals surface area (Å²) < 4.78 is 0. The van der Waals surface area contributed by atoms with E-state index in [0.717, 1.165) is 11.4 Å². The number of fused-ring (bicyclic) bond motifs is 8. The second-order valence-corrected chi connectivity index (χ2v) is 18.5. The van der Waals surface area contributed by atoms with Gasteiger partial charge >= 0.3 is 0 Å². The van der Waals surface area contributed by atoms with Gasteiger partial charge in [0, 0.05) is 33.2 Å². The monoisotopic (exact) mass is 805 g/mol. The Labute approximate surface area is 370 Å². The molecular weight excluding hydrogens is 759 g/mol. The first kappa shape index (κ1) is 37.3. The van der Waals surface area contributed by atoms with E-state index in [1.165, 1.54) is 105 Å². The van der Waals surface area contributed by atoms with Crippen molar-refractivity contribution in [3.05, 3.63) is 235 Å². The third-order valence-corrected chi connectivity index (χ3v) is 14.2. The number of benzene rings is 10. The molecule has 0 N–H and O–H groups in total. The lowest BCUT2D eigenvalue weighted by Crippen LogP contribution is -2.18. The molecule has 2 aliphatic rings. The lowest BCUT2D eigenvalue weighted by atomic mass is 9.82. The molecule has 0 heterocycles. The van der Waals surface area contributed by atoms with Crippen LogP contribution in [0.3, 0.4) is 0 Å². The van der Waals surface area contributed by atoms with Gasteiger partial charge in [0.1, 0.15) is 0 Å². The van der Waals surface area contributed by atoms with Crippen LogP contribution in [0.4, 0.5) is 17.1 Å². The number of hydrogen-bond acceptors (Lipinski definition) is 1. The first-order valence-corrected chi connectivity index (χ1v) is 22.3. The van der Waals surface area contributed by atoms with Gasteiger partial charge in [0.05, 0.1) is 11.4 Å². The van der Waals surface area contributed by atoms with Gasteiger partial charge in [-0.3, -0.25) is 0 Å². The summed E-state index contributed by atoms with van der Waals surface area (Å²) in [4.78, 5) is 2.62. The fourth-order valence-electron chi connectivity index (χ4n) is 11.0. The van der Waals surface area contributed by atoms with Crippen molar-refractivity contribution < 1.29 is 0 Å². The lowest BCUT2D eigenvalue weighted by molar-refractivity contribution is 0.660. The molecule has 1 nitrogen and oxygen atoms in total. The largest absolute Gasteiger partial charge is 0.309 e. The maximum atomic E-state index is 2.62. The molecule has 0 atom stereocenters. The summed E-state index contributed by atoms with van der Waals surface area (Å²) in [5, 5.41) is 4.92. The molecule has 0 amide bonds. The summed E-state index contributed by atoms with van der Waals surface area (Å²) in [7, 11) is 0. The second kappa shape index (κ2) is 14.0. The predicted molar refractivity (Wildman–Crippen MR) is 268 cm³/mol. The first-order chi connectivity index (χ1) is 30.8. The van der Waals surface area contributed by atoms with E-state index in [9.17, 15) is 0 Å². The maximum absolute atomic E-state index is 2.62. The van der Waals surface area contributed by atoms with Crippen LogP contribution >= 0.6 is 0 Å². The molecule has 1 heteroatoms. The fourth-order valence-corrected chi connectivity index (χ4v) is 11.0. The standard InChI is InChI=1S/C62H47N/c1-61(2)55-26-15-13-24-51(55)59-56(61)27-16-28-58(59)63(48-33-34-50-49-23-12-14-25-54(49)62(3,4)57(50)39-48)60-52(42-19-6-5-7-20-42)37-47(45-31-29-40-17-8-10-21-43(40)35-45)38-53(60)46-32-30-41-18-9-11-22-44(41)36-46/h5-39H,1-4H3. The van der Waals surface area contributed by atoms with Crippen LogP contribution in [0, 0.1) is 0 Å². The van der Waals surface area contributed by atoms with Crippen LogP contribution in [0.2, 0.25) is 0 Å². The van der Waals surface area contributed by atoms with Gasteiger partial charge in [-0.2, -0.15) is 0 Å². The molecule has 0 bridgehead atoms. The van der Waals surface area contributed by atoms with Gasteiger partial charge in [-0.1, -0.05) is 198 Å². The topological polar surface area (TPSA) is 3.24 Å². The highest BCUT2D eigenvalue weighted by atomic mass is 15.2. The molecule has 12 rings (SSSR count). The van der Waals surface area contributed by atoms with Crippen molar-refractivity contribution >= 4 is 38.6 Å². The molecule has 0 aliphatic heterocycles. The van der Waals surface area contributed by atoms with E-state index in [2.05, 4.69) is 245 Å². The van der Waals surface area contributed by atoms with Crippen molar-refractivity contribution in [2.45, 2.75) is 38.5 Å². The van der Waals surface area contributed by atoms with E-state index in [1.807, 2.05) is 0 Å². The van der Waals surface area contributed by atoms with Crippen LogP contribution in [0.15, 0.2) is 212 Å². The van der Waals surface area contributed by atoms with Crippen LogP contribution < -0.4 is 4.90 Å². The number of anilines is 3. The normalized spacial score (nSPS) is 14.0. The highest BCUT2D eigenvalue weighted by Crippen LogP contribution is 2.58. The molecule has 0 saturated heterocycles. The second-order valence-electron chi connectivity index (χ2n) is 18.5. The zero-order valence-corrected chi connectivity index (χ0v) is 36.2. The predicted octanol–water partition coefficient (Wildman–Crippen LogP) is 17.1. The van der Waals surface area contributed by atoms with Crippen LogP contribution in [0.1, 0.15) is 49.9 Å². The molecule has 0 saturated carbocycles. The van der Waals surface area contributed by atoms with Crippen LogP contribution in [0.25, 0.3) is 77.2 Å². The molecule has 10 aromatic carbocycles. The van der Waals surface area contributed by atoms with Gasteiger partial charge in [-0.25, -0.2) is 0 Å². The molecule has 0 radical (unpaired) electrons. The van der Waals surface area contributed by atoms with Gasteiger partial charge in [0.2, 0.25) is 0 Å². The lowest BCUT2D eigenvalue weighted by Gasteiger charge is -2.34. The van der Waals surface area contributed by atoms with Crippen molar-refractivity contribution in [1.82, 2.24) is 0 Å². The molecule has 300 valence electrons. The molecule has 10 aromatic rings. The fraction of sp³-hybridized carbons (Fsp3) is 0.0968. The average molecular weight is 806 g/mol. The van der Waals surface area contributed by atoms with Crippen LogP contribution in [0.5, 0.6) is 0 Å². The SMILES string of the molecule is CC1(C)c2ccccc2-c2ccc(N(c3cccc4c3-c3ccccc3C4(C)C)c3c(-c4ccccc4)cc(-c4ccc5ccccc5c4)cc3-c3ccc4ccccc4c3)cc21. The third kappa shape index (κ3) is 5.76. The minimum Gasteiger partial charge on any atom is -0.309 e. The van der Waals surface area contributed by atoms with Gasteiger partial charge in [0.15, 0.2) is 0 Å². The van der Waals surface area contributed by atoms with Crippen molar-refractivity contribution in [2.24, 2.45) is 0 Å². The Hall–Kier alpha value is -7.48. The highest BCUT2D eigenvalue weighted by Gasteiger charge is 2.40. The van der Waals surface area contributed by atoms with E-state index in [1.54, 1.807) is 0 Å². The summed E-state index contributed by atoms with van der Waals surface area (Å²) in [6, 6.07) is 79.5. The Morgan fingerprint density at radius 3 is 1.54 bits per heavy atom. The maximum Gasteiger partial charge on any atom is 0.0619 e. The summed E-state index contributed by atoms with van der Waals surface area (Å²) in [6.07, 6.45) is 0. The summed E-state index contributed by atoms with van der Waals surface area (Å²) in [6.45, 7) is 9.54. The van der Waals surface area contributed by atoms with Gasteiger partial charge in [-0.15, -0.1) is 0 Å². The van der Waals surface area contributed by atoms with Gasteiger partial charge in [-0.05, 0) is 125 Å². The van der Waals surface area contributed by atoms with Crippen molar-refractivity contribution in [1.29, 1.82) is 0 Å². The Morgan fingerprint density at radius 1 is 0.302 bits per heavy atom. The number of hydrogen-bond donors (Lipinski definition) is 0. The van der Waals surface area contributed by atoms with E-state index in [4.69, 9.17) is 0 Å². The van der Waals surface area contributed by atoms with E-state index in [0.29, 0.717) is 0 Å². The zero-order chi connectivity index (χ0) is 42.5. The first-order valence-electron chi connectivity index (χ1n) is 22.3. The van der Waals surface area contributed by atoms with Crippen molar-refractivity contribution in [3.8, 4) is 55.6 Å². The van der Waals surface area contributed by atoms with E-state index >= 15 is 0 Å². The quantitative estimate of drug-likeness (QED) is 0.162. The van der Waals surface area contributed by atoms with Crippen LogP contribution in [-0.4, -0.2) is 0 Å². The molecule has 0 unspecified atom stereocenters. The summed E-state index contributed by atoms with van der Waals surface area (Å²) in [5.41, 5.74) is 20.9. The minimum absolute atomic E-state index is 0.168. The van der Waals surface area contributed by atoms with Crippen molar-refractivity contribution in [3.63, 3.8) is 0 Å². The molecule has 0 fully saturated rings. The smallest absolute Gasteiger partial charge is 0.0619 e. The summed E-state index contributed by atoms with van der Waals surface area (Å²) >= 11 is 0. The van der Waals surface area contributed by atoms with Gasteiger partial charge in [0.25, 0.3) is 0 Å². The van der Waals surface area contributed by atoms with E-state index < -0.39 is 0 Å². The highest BCUT2D eigenvalue weighted by molar-refractivity contribution is 6.05. The zero-order valence-electron chi connectivity index (χ0n) is 36.2. The summed E-state index contributed by atoms with van der Waals surface area (Å²) in [5.74, 6) is 0. The molecule has 2 aliphatic carbocycles. The van der Waals surface area contributed by atoms with E-state index in [-0.39, 0.29) is 10.8 Å². The Balaban J connectivity index is 1.22.